The second-order valence-electron chi connectivity index (χ2n) is 4.07. The summed E-state index contributed by atoms with van der Waals surface area (Å²) in [6, 6.07) is 7.19. The summed E-state index contributed by atoms with van der Waals surface area (Å²) in [6.07, 6.45) is 0. The number of anilines is 1. The van der Waals surface area contributed by atoms with Gasteiger partial charge in [0.15, 0.2) is 0 Å². The van der Waals surface area contributed by atoms with Gasteiger partial charge in [-0.1, -0.05) is 15.9 Å². The highest BCUT2D eigenvalue weighted by Crippen LogP contribution is 2.38. The molecule has 0 spiro atoms. The monoisotopic (exact) mass is 300 g/mol. The van der Waals surface area contributed by atoms with Gasteiger partial charge in [0, 0.05) is 34.3 Å². The minimum Gasteiger partial charge on any atom is -0.366 e. The summed E-state index contributed by atoms with van der Waals surface area (Å²) < 4.78 is 1.17. The number of hydrogen-bond donors (Lipinski definition) is 1. The van der Waals surface area contributed by atoms with E-state index in [1.54, 1.807) is 0 Å². The lowest BCUT2D eigenvalue weighted by molar-refractivity contribution is 0.648. The molecule has 0 saturated carbocycles. The van der Waals surface area contributed by atoms with Crippen molar-refractivity contribution in [1.29, 1.82) is 0 Å². The van der Waals surface area contributed by atoms with Gasteiger partial charge in [0.1, 0.15) is 0 Å². The largest absolute Gasteiger partial charge is 0.366 e. The number of thioether (sulfide) groups is 1. The molecule has 16 heavy (non-hydrogen) atoms. The van der Waals surface area contributed by atoms with Crippen molar-refractivity contribution in [3.8, 4) is 0 Å². The quantitative estimate of drug-likeness (QED) is 0.924. The number of nitrogens with zero attached hydrogens (tertiary/aromatic N) is 1. The third-order valence-corrected chi connectivity index (χ3v) is 4.63. The number of halogens is 1. The summed E-state index contributed by atoms with van der Waals surface area (Å²) in [4.78, 5) is 3.89. The van der Waals surface area contributed by atoms with Crippen molar-refractivity contribution in [3.63, 3.8) is 0 Å². The molecule has 1 aromatic rings. The van der Waals surface area contributed by atoms with Gasteiger partial charge in [-0.05, 0) is 32.2 Å². The van der Waals surface area contributed by atoms with Crippen LogP contribution in [0.25, 0.3) is 0 Å². The SMILES string of the molecule is CNCCN1c2ccc(Br)cc2SCC1C. The highest BCUT2D eigenvalue weighted by Gasteiger charge is 2.22. The van der Waals surface area contributed by atoms with Crippen LogP contribution in [0.2, 0.25) is 0 Å². The van der Waals surface area contributed by atoms with Crippen molar-refractivity contribution < 1.29 is 0 Å². The molecule has 88 valence electrons. The Labute approximate surface area is 110 Å². The Bertz CT molecular complexity index is 370. The molecule has 0 aromatic heterocycles. The zero-order valence-corrected chi connectivity index (χ0v) is 12.1. The molecule has 0 saturated heterocycles. The lowest BCUT2D eigenvalue weighted by Crippen LogP contribution is -2.41. The number of benzene rings is 1. The Morgan fingerprint density at radius 3 is 3.12 bits per heavy atom. The first-order valence-corrected chi connectivity index (χ1v) is 7.34. The second kappa shape index (κ2) is 5.43. The number of likely N-dealkylation sites (N-methyl/N-ethyl adjacent to an activating group) is 1. The van der Waals surface area contributed by atoms with Gasteiger partial charge in [-0.2, -0.15) is 0 Å². The molecular weight excluding hydrogens is 284 g/mol. The molecule has 4 heteroatoms. The predicted octanol–water partition coefficient (Wildman–Crippen LogP) is 2.97. The van der Waals surface area contributed by atoms with E-state index in [4.69, 9.17) is 0 Å². The molecule has 1 heterocycles. The molecule has 1 atom stereocenters. The van der Waals surface area contributed by atoms with Crippen LogP contribution in [0.3, 0.4) is 0 Å². The van der Waals surface area contributed by atoms with E-state index in [0.717, 1.165) is 13.1 Å². The Morgan fingerprint density at radius 1 is 1.56 bits per heavy atom. The average molecular weight is 301 g/mol. The zero-order chi connectivity index (χ0) is 11.5. The third kappa shape index (κ3) is 2.55. The first-order valence-electron chi connectivity index (χ1n) is 5.56. The van der Waals surface area contributed by atoms with Crippen LogP contribution in [-0.2, 0) is 0 Å². The van der Waals surface area contributed by atoms with E-state index >= 15 is 0 Å². The first kappa shape index (κ1) is 12.3. The topological polar surface area (TPSA) is 15.3 Å². The van der Waals surface area contributed by atoms with Crippen LogP contribution in [0.5, 0.6) is 0 Å². The summed E-state index contributed by atoms with van der Waals surface area (Å²) >= 11 is 5.49. The fourth-order valence-electron chi connectivity index (χ4n) is 1.95. The van der Waals surface area contributed by atoms with E-state index in [1.807, 2.05) is 18.8 Å². The van der Waals surface area contributed by atoms with Gasteiger partial charge in [0.2, 0.25) is 0 Å². The lowest BCUT2D eigenvalue weighted by atomic mass is 10.2. The van der Waals surface area contributed by atoms with Gasteiger partial charge >= 0.3 is 0 Å². The first-order chi connectivity index (χ1) is 7.72. The van der Waals surface area contributed by atoms with Gasteiger partial charge < -0.3 is 10.2 Å². The number of rotatable bonds is 3. The lowest BCUT2D eigenvalue weighted by Gasteiger charge is -2.36. The van der Waals surface area contributed by atoms with Crippen LogP contribution < -0.4 is 10.2 Å². The summed E-state index contributed by atoms with van der Waals surface area (Å²) in [7, 11) is 2.01. The highest BCUT2D eigenvalue weighted by atomic mass is 79.9. The molecule has 2 nitrogen and oxygen atoms in total. The molecule has 1 aromatic carbocycles. The molecule has 0 fully saturated rings. The minimum absolute atomic E-state index is 0.618. The van der Waals surface area contributed by atoms with Crippen molar-refractivity contribution in [2.24, 2.45) is 0 Å². The summed E-state index contributed by atoms with van der Waals surface area (Å²) in [6.45, 7) is 4.41. The molecule has 0 radical (unpaired) electrons. The molecule has 1 aliphatic heterocycles. The second-order valence-corrected chi connectivity index (χ2v) is 6.05. The van der Waals surface area contributed by atoms with E-state index in [0.29, 0.717) is 6.04 Å². The maximum Gasteiger partial charge on any atom is 0.0508 e. The van der Waals surface area contributed by atoms with E-state index in [2.05, 4.69) is 51.3 Å². The van der Waals surface area contributed by atoms with Crippen LogP contribution in [0.1, 0.15) is 6.92 Å². The average Bonchev–Trinajstić information content (AvgIpc) is 2.28. The van der Waals surface area contributed by atoms with Gasteiger partial charge in [-0.25, -0.2) is 0 Å². The standard InChI is InChI=1S/C12H17BrN2S/c1-9-8-16-12-7-10(13)3-4-11(12)15(9)6-5-14-2/h3-4,7,9,14H,5-6,8H2,1-2H3. The molecule has 2 rings (SSSR count). The minimum atomic E-state index is 0.618. The predicted molar refractivity (Wildman–Crippen MR) is 75.6 cm³/mol. The number of fused-ring (bicyclic) bond motifs is 1. The van der Waals surface area contributed by atoms with Crippen LogP contribution in [-0.4, -0.2) is 31.9 Å². The Hall–Kier alpha value is -0.190. The highest BCUT2D eigenvalue weighted by molar-refractivity contribution is 9.10. The van der Waals surface area contributed by atoms with Crippen LogP contribution in [0, 0.1) is 0 Å². The molecule has 0 aliphatic carbocycles. The Morgan fingerprint density at radius 2 is 2.38 bits per heavy atom. The third-order valence-electron chi connectivity index (χ3n) is 2.85. The molecule has 1 aliphatic rings. The van der Waals surface area contributed by atoms with Crippen molar-refractivity contribution >= 4 is 33.4 Å². The Balaban J connectivity index is 2.25. The molecule has 1 unspecified atom stereocenters. The van der Waals surface area contributed by atoms with E-state index in [-0.39, 0.29) is 0 Å². The summed E-state index contributed by atoms with van der Waals surface area (Å²) in [5, 5.41) is 3.22. The van der Waals surface area contributed by atoms with Crippen molar-refractivity contribution in [3.05, 3.63) is 22.7 Å². The van der Waals surface area contributed by atoms with Gasteiger partial charge in [-0.3, -0.25) is 0 Å². The van der Waals surface area contributed by atoms with Crippen LogP contribution in [0.15, 0.2) is 27.6 Å². The van der Waals surface area contributed by atoms with Crippen molar-refractivity contribution in [2.75, 3.05) is 30.8 Å². The molecule has 1 N–H and O–H groups in total. The maximum absolute atomic E-state index is 3.53. The van der Waals surface area contributed by atoms with E-state index in [9.17, 15) is 0 Å². The van der Waals surface area contributed by atoms with Crippen molar-refractivity contribution in [1.82, 2.24) is 5.32 Å². The molecular formula is C12H17BrN2S. The molecule has 0 bridgehead atoms. The Kier molecular flexibility index (Phi) is 4.16. The van der Waals surface area contributed by atoms with Crippen LogP contribution >= 0.6 is 27.7 Å². The molecule has 0 amide bonds. The fourth-order valence-corrected chi connectivity index (χ4v) is 3.61. The zero-order valence-electron chi connectivity index (χ0n) is 9.66. The number of nitrogens with one attached hydrogen (secondary N) is 1. The normalized spacial score (nSPS) is 19.7. The van der Waals surface area contributed by atoms with E-state index < -0.39 is 0 Å². The maximum atomic E-state index is 3.53. The van der Waals surface area contributed by atoms with E-state index in [1.165, 1.54) is 20.8 Å². The van der Waals surface area contributed by atoms with Crippen LogP contribution in [0.4, 0.5) is 5.69 Å². The smallest absolute Gasteiger partial charge is 0.0508 e. The van der Waals surface area contributed by atoms with Gasteiger partial charge in [-0.15, -0.1) is 11.8 Å². The fraction of sp³-hybridized carbons (Fsp3) is 0.500. The summed E-state index contributed by atoms with van der Waals surface area (Å²) in [5.41, 5.74) is 1.38. The summed E-state index contributed by atoms with van der Waals surface area (Å²) in [5.74, 6) is 1.17. The van der Waals surface area contributed by atoms with Gasteiger partial charge in [0.05, 0.1) is 5.69 Å². The number of hydrogen-bond acceptors (Lipinski definition) is 3. The van der Waals surface area contributed by atoms with Gasteiger partial charge in [0.25, 0.3) is 0 Å². The van der Waals surface area contributed by atoms with Crippen molar-refractivity contribution in [2.45, 2.75) is 17.9 Å².